The second-order valence-corrected chi connectivity index (χ2v) is 7.12. The number of hydrogen-bond acceptors (Lipinski definition) is 3. The summed E-state index contributed by atoms with van der Waals surface area (Å²) in [7, 11) is -2.04. The van der Waals surface area contributed by atoms with Crippen molar-refractivity contribution in [3.8, 4) is 0 Å². The molecule has 0 saturated carbocycles. The Morgan fingerprint density at radius 2 is 2.14 bits per heavy atom. The molecule has 1 fully saturated rings. The fraction of sp³-hybridized carbons (Fsp3) is 0.800. The summed E-state index contributed by atoms with van der Waals surface area (Å²) in [5.41, 5.74) is 0. The molecule has 1 heterocycles. The predicted octanol–water partition coefficient (Wildman–Crippen LogP) is 0.147. The van der Waals surface area contributed by atoms with Crippen LogP contribution in [0.4, 0.5) is 0 Å². The molecule has 2 atom stereocenters. The van der Waals surface area contributed by atoms with Crippen LogP contribution in [-0.2, 0) is 14.3 Å². The van der Waals surface area contributed by atoms with Crippen LogP contribution in [0.25, 0.3) is 0 Å². The van der Waals surface area contributed by atoms with Crippen LogP contribution in [0.15, 0.2) is 0 Å². The Morgan fingerprint density at radius 1 is 1.50 bits per heavy atom. The Bertz CT molecular complexity index is 321. The molecular formula is C10H19NO2S. The molecule has 0 aliphatic carbocycles. The first kappa shape index (κ1) is 11.7. The number of Topliss-reactive ketones (excluding diaryl/α,β-unsaturated/α-hetero) is 1. The van der Waals surface area contributed by atoms with E-state index in [2.05, 4.69) is 12.2 Å². The van der Waals surface area contributed by atoms with Crippen molar-refractivity contribution in [1.29, 1.82) is 0 Å². The molecule has 1 N–H and O–H groups in total. The molecule has 4 heteroatoms. The molecule has 14 heavy (non-hydrogen) atoms. The molecule has 1 aliphatic heterocycles. The lowest BCUT2D eigenvalue weighted by molar-refractivity contribution is -0.116. The van der Waals surface area contributed by atoms with Crippen LogP contribution in [0.3, 0.4) is 0 Å². The Balaban J connectivity index is 2.75. The topological polar surface area (TPSA) is 46.2 Å². The summed E-state index contributed by atoms with van der Waals surface area (Å²) >= 11 is 0. The zero-order chi connectivity index (χ0) is 10.8. The number of nitrogens with one attached hydrogen (secondary N) is 1. The third kappa shape index (κ3) is 3.10. The molecule has 1 aliphatic rings. The minimum Gasteiger partial charge on any atom is -0.316 e. The largest absolute Gasteiger partial charge is 0.316 e. The Kier molecular flexibility index (Phi) is 3.72. The van der Waals surface area contributed by atoms with E-state index in [0.29, 0.717) is 5.92 Å². The van der Waals surface area contributed by atoms with Crippen LogP contribution in [-0.4, -0.2) is 41.0 Å². The molecule has 0 bridgehead atoms. The number of hydrogen-bond donors (Lipinski definition) is 1. The summed E-state index contributed by atoms with van der Waals surface area (Å²) in [6, 6.07) is 0. The first-order valence-electron chi connectivity index (χ1n) is 4.97. The van der Waals surface area contributed by atoms with Crippen molar-refractivity contribution in [3.63, 3.8) is 0 Å². The molecule has 1 rings (SSSR count). The van der Waals surface area contributed by atoms with Crippen molar-refractivity contribution in [1.82, 2.24) is 5.32 Å². The van der Waals surface area contributed by atoms with Gasteiger partial charge in [-0.3, -0.25) is 9.00 Å². The predicted molar refractivity (Wildman–Crippen MR) is 61.2 cm³/mol. The fourth-order valence-electron chi connectivity index (χ4n) is 1.86. The van der Waals surface area contributed by atoms with E-state index < -0.39 is 9.52 Å². The standard InChI is InChI=1S/C10H19NO2S/c1-4-8-5-11-6-9(8)10(12)7-14(2,3)13/h7-9,11H,4-6H2,1-3H3/t8?,9-/m0/s1. The Morgan fingerprint density at radius 3 is 2.64 bits per heavy atom. The molecule has 0 aromatic rings. The number of rotatable bonds is 3. The van der Waals surface area contributed by atoms with Crippen LogP contribution < -0.4 is 5.32 Å². The van der Waals surface area contributed by atoms with Crippen LogP contribution in [0, 0.1) is 11.8 Å². The first-order valence-corrected chi connectivity index (χ1v) is 7.41. The van der Waals surface area contributed by atoms with Gasteiger partial charge in [0.1, 0.15) is 0 Å². The van der Waals surface area contributed by atoms with Crippen LogP contribution in [0.5, 0.6) is 0 Å². The molecule has 0 radical (unpaired) electrons. The molecule has 1 unspecified atom stereocenters. The van der Waals surface area contributed by atoms with Gasteiger partial charge in [0.15, 0.2) is 5.78 Å². The highest BCUT2D eigenvalue weighted by molar-refractivity contribution is 8.01. The van der Waals surface area contributed by atoms with E-state index in [1.54, 1.807) is 12.5 Å². The molecule has 3 nitrogen and oxygen atoms in total. The zero-order valence-corrected chi connectivity index (χ0v) is 9.89. The highest BCUT2D eigenvalue weighted by Gasteiger charge is 2.30. The number of carbonyl (C=O) groups is 1. The monoisotopic (exact) mass is 217 g/mol. The van der Waals surface area contributed by atoms with Gasteiger partial charge in [-0.15, -0.1) is 0 Å². The van der Waals surface area contributed by atoms with E-state index >= 15 is 0 Å². The molecular weight excluding hydrogens is 198 g/mol. The second kappa shape index (κ2) is 4.45. The summed E-state index contributed by atoms with van der Waals surface area (Å²) in [6.45, 7) is 3.74. The van der Waals surface area contributed by atoms with Gasteiger partial charge in [0.05, 0.1) is 0 Å². The minimum absolute atomic E-state index is 0.0423. The van der Waals surface area contributed by atoms with E-state index in [9.17, 15) is 9.00 Å². The minimum atomic E-state index is -2.04. The third-order valence-electron chi connectivity index (χ3n) is 2.63. The van der Waals surface area contributed by atoms with Gasteiger partial charge in [0.2, 0.25) is 0 Å². The van der Waals surface area contributed by atoms with Gasteiger partial charge < -0.3 is 5.32 Å². The maximum Gasteiger partial charge on any atom is 0.168 e. The molecule has 0 spiro atoms. The second-order valence-electron chi connectivity index (χ2n) is 4.26. The number of carbonyl (C=O) groups excluding carboxylic acids is 1. The van der Waals surface area contributed by atoms with Crippen molar-refractivity contribution in [2.45, 2.75) is 13.3 Å². The van der Waals surface area contributed by atoms with Crippen molar-refractivity contribution in [3.05, 3.63) is 0 Å². The molecule has 0 aromatic carbocycles. The number of ketones is 1. The first-order chi connectivity index (χ1) is 6.44. The Hall–Kier alpha value is -0.350. The van der Waals surface area contributed by atoms with E-state index in [0.717, 1.165) is 19.5 Å². The molecule has 82 valence electrons. The average molecular weight is 217 g/mol. The van der Waals surface area contributed by atoms with Crippen molar-refractivity contribution >= 4 is 20.7 Å². The summed E-state index contributed by atoms with van der Waals surface area (Å²) in [6.07, 6.45) is 4.22. The lowest BCUT2D eigenvalue weighted by Gasteiger charge is -2.13. The lowest BCUT2D eigenvalue weighted by atomic mass is 9.91. The van der Waals surface area contributed by atoms with E-state index in [4.69, 9.17) is 0 Å². The average Bonchev–Trinajstić information content (AvgIpc) is 2.47. The fourth-order valence-corrected chi connectivity index (χ4v) is 2.60. The maximum absolute atomic E-state index is 11.8. The van der Waals surface area contributed by atoms with Gasteiger partial charge in [0.25, 0.3) is 0 Å². The van der Waals surface area contributed by atoms with Crippen molar-refractivity contribution < 1.29 is 9.00 Å². The Labute approximate surface area is 86.3 Å². The van der Waals surface area contributed by atoms with Gasteiger partial charge in [0, 0.05) is 30.3 Å². The highest BCUT2D eigenvalue weighted by atomic mass is 32.2. The van der Waals surface area contributed by atoms with Crippen LogP contribution in [0.2, 0.25) is 0 Å². The van der Waals surface area contributed by atoms with E-state index in [-0.39, 0.29) is 11.7 Å². The van der Waals surface area contributed by atoms with Gasteiger partial charge in [-0.1, -0.05) is 13.3 Å². The molecule has 0 amide bonds. The quantitative estimate of drug-likeness (QED) is 0.684. The van der Waals surface area contributed by atoms with Crippen LogP contribution in [0.1, 0.15) is 13.3 Å². The summed E-state index contributed by atoms with van der Waals surface area (Å²) in [5.74, 6) is 0.512. The lowest BCUT2D eigenvalue weighted by Crippen LogP contribution is -2.25. The van der Waals surface area contributed by atoms with E-state index in [1.807, 2.05) is 0 Å². The molecule has 0 aromatic heterocycles. The van der Waals surface area contributed by atoms with Crippen molar-refractivity contribution in [2.75, 3.05) is 25.6 Å². The van der Waals surface area contributed by atoms with Crippen LogP contribution >= 0.6 is 0 Å². The molecule has 1 saturated heterocycles. The van der Waals surface area contributed by atoms with Crippen molar-refractivity contribution in [2.24, 2.45) is 11.8 Å². The summed E-state index contributed by atoms with van der Waals surface area (Å²) in [5, 5.41) is 4.62. The van der Waals surface area contributed by atoms with E-state index in [1.165, 1.54) is 5.37 Å². The van der Waals surface area contributed by atoms with Gasteiger partial charge in [-0.2, -0.15) is 0 Å². The van der Waals surface area contributed by atoms with Gasteiger partial charge in [-0.25, -0.2) is 0 Å². The van der Waals surface area contributed by atoms with Gasteiger partial charge in [-0.05, 0) is 22.0 Å². The maximum atomic E-state index is 11.8. The third-order valence-corrected chi connectivity index (χ3v) is 3.43. The van der Waals surface area contributed by atoms with Gasteiger partial charge >= 0.3 is 0 Å². The smallest absolute Gasteiger partial charge is 0.168 e. The summed E-state index contributed by atoms with van der Waals surface area (Å²) < 4.78 is 11.5. The SMILES string of the molecule is CCC1CNC[C@@H]1C(=O)C=S(C)(C)=O. The zero-order valence-electron chi connectivity index (χ0n) is 9.08. The normalized spacial score (nSPS) is 27.6. The summed E-state index contributed by atoms with van der Waals surface area (Å²) in [4.78, 5) is 11.8. The highest BCUT2D eigenvalue weighted by Crippen LogP contribution is 2.20.